The molecule has 0 aromatic heterocycles. The van der Waals surface area contributed by atoms with Crippen LogP contribution in [0, 0.1) is 11.8 Å². The van der Waals surface area contributed by atoms with Gasteiger partial charge in [0.05, 0.1) is 19.5 Å². The van der Waals surface area contributed by atoms with Crippen molar-refractivity contribution in [3.8, 4) is 0 Å². The Kier molecular flexibility index (Phi) is 6.17. The van der Waals surface area contributed by atoms with Gasteiger partial charge in [0.1, 0.15) is 0 Å². The molecule has 0 atom stereocenters. The normalized spacial score (nSPS) is 25.9. The third kappa shape index (κ3) is 5.03. The van der Waals surface area contributed by atoms with E-state index in [2.05, 4.69) is 13.2 Å². The number of hydrogen-bond acceptors (Lipinski definition) is 2. The zero-order valence-corrected chi connectivity index (χ0v) is 9.49. The van der Waals surface area contributed by atoms with Crippen molar-refractivity contribution in [2.24, 2.45) is 11.8 Å². The minimum absolute atomic E-state index is 0.680. The van der Waals surface area contributed by atoms with Crippen LogP contribution in [-0.2, 0) is 9.47 Å². The molecule has 1 aliphatic rings. The Morgan fingerprint density at radius 3 is 2.13 bits per heavy atom. The first-order chi connectivity index (χ1) is 7.36. The van der Waals surface area contributed by atoms with Gasteiger partial charge >= 0.3 is 0 Å². The van der Waals surface area contributed by atoms with Gasteiger partial charge in [-0.25, -0.2) is 0 Å². The summed E-state index contributed by atoms with van der Waals surface area (Å²) in [6.45, 7) is 9.60. The Morgan fingerprint density at radius 1 is 1.00 bits per heavy atom. The van der Waals surface area contributed by atoms with Crippen LogP contribution in [-0.4, -0.2) is 19.8 Å². The largest absolute Gasteiger partial charge is 0.502 e. The van der Waals surface area contributed by atoms with E-state index in [-0.39, 0.29) is 0 Å². The molecular weight excluding hydrogens is 188 g/mol. The topological polar surface area (TPSA) is 18.5 Å². The summed E-state index contributed by atoms with van der Waals surface area (Å²) in [7, 11) is 0. The molecule has 0 radical (unpaired) electrons. The highest BCUT2D eigenvalue weighted by Crippen LogP contribution is 2.29. The lowest BCUT2D eigenvalue weighted by Crippen LogP contribution is -2.21. The zero-order valence-electron chi connectivity index (χ0n) is 9.49. The first-order valence-electron chi connectivity index (χ1n) is 5.78. The predicted molar refractivity (Wildman–Crippen MR) is 62.6 cm³/mol. The van der Waals surface area contributed by atoms with Crippen LogP contribution in [0.2, 0.25) is 0 Å². The van der Waals surface area contributed by atoms with Gasteiger partial charge in [0.2, 0.25) is 0 Å². The predicted octanol–water partition coefficient (Wildman–Crippen LogP) is 3.16. The second-order valence-corrected chi connectivity index (χ2v) is 4.21. The summed E-state index contributed by atoms with van der Waals surface area (Å²) in [6.07, 6.45) is 8.40. The molecule has 0 amide bonds. The zero-order chi connectivity index (χ0) is 10.9. The molecule has 0 N–H and O–H groups in total. The van der Waals surface area contributed by atoms with E-state index in [4.69, 9.17) is 9.47 Å². The van der Waals surface area contributed by atoms with Gasteiger partial charge in [-0.3, -0.25) is 0 Å². The fourth-order valence-corrected chi connectivity index (χ4v) is 2.09. The van der Waals surface area contributed by atoms with Crippen molar-refractivity contribution in [2.75, 3.05) is 19.8 Å². The van der Waals surface area contributed by atoms with Gasteiger partial charge in [-0.05, 0) is 37.5 Å². The van der Waals surface area contributed by atoms with Crippen molar-refractivity contribution < 1.29 is 9.47 Å². The van der Waals surface area contributed by atoms with Gasteiger partial charge in [-0.15, -0.1) is 6.58 Å². The third-order valence-electron chi connectivity index (χ3n) is 3.01. The summed E-state index contributed by atoms with van der Waals surface area (Å²) in [5.74, 6) is 1.46. The monoisotopic (exact) mass is 210 g/mol. The molecule has 0 aliphatic heterocycles. The fraction of sp³-hybridized carbons (Fsp3) is 0.692. The van der Waals surface area contributed by atoms with Crippen molar-refractivity contribution in [1.29, 1.82) is 0 Å². The van der Waals surface area contributed by atoms with E-state index in [1.807, 2.05) is 6.08 Å². The number of ether oxygens (including phenoxy) is 2. The van der Waals surface area contributed by atoms with E-state index in [1.54, 1.807) is 6.26 Å². The van der Waals surface area contributed by atoms with Crippen LogP contribution in [0.15, 0.2) is 25.5 Å². The van der Waals surface area contributed by atoms with Gasteiger partial charge in [-0.2, -0.15) is 0 Å². The van der Waals surface area contributed by atoms with Gasteiger partial charge in [0.25, 0.3) is 0 Å². The van der Waals surface area contributed by atoms with Crippen LogP contribution in [0.1, 0.15) is 25.7 Å². The average molecular weight is 210 g/mol. The smallest absolute Gasteiger partial charge is 0.0901 e. The first-order valence-corrected chi connectivity index (χ1v) is 5.78. The molecule has 0 saturated heterocycles. The lowest BCUT2D eigenvalue weighted by atomic mass is 9.83. The highest BCUT2D eigenvalue weighted by Gasteiger charge is 2.21. The van der Waals surface area contributed by atoms with E-state index in [9.17, 15) is 0 Å². The minimum Gasteiger partial charge on any atom is -0.502 e. The second kappa shape index (κ2) is 7.52. The molecule has 86 valence electrons. The summed E-state index contributed by atoms with van der Waals surface area (Å²) in [4.78, 5) is 0. The summed E-state index contributed by atoms with van der Waals surface area (Å²) in [6, 6.07) is 0. The maximum Gasteiger partial charge on any atom is 0.0901 e. The van der Waals surface area contributed by atoms with Gasteiger partial charge in [0, 0.05) is 6.61 Å². The van der Waals surface area contributed by atoms with E-state index < -0.39 is 0 Å². The Balaban J connectivity index is 2.06. The van der Waals surface area contributed by atoms with E-state index in [0.29, 0.717) is 6.61 Å². The van der Waals surface area contributed by atoms with Crippen LogP contribution in [0.4, 0.5) is 0 Å². The van der Waals surface area contributed by atoms with Crippen LogP contribution in [0.3, 0.4) is 0 Å². The van der Waals surface area contributed by atoms with Crippen LogP contribution >= 0.6 is 0 Å². The molecule has 1 rings (SSSR count). The summed E-state index contributed by atoms with van der Waals surface area (Å²) in [5, 5.41) is 0. The summed E-state index contributed by atoms with van der Waals surface area (Å²) in [5.41, 5.74) is 0. The lowest BCUT2D eigenvalue weighted by Gasteiger charge is -2.27. The molecule has 15 heavy (non-hydrogen) atoms. The Bertz CT molecular complexity index is 181. The molecule has 0 unspecified atom stereocenters. The Hall–Kier alpha value is -0.760. The molecule has 0 aromatic rings. The second-order valence-electron chi connectivity index (χ2n) is 4.21. The molecule has 0 spiro atoms. The molecule has 0 bridgehead atoms. The Morgan fingerprint density at radius 2 is 1.60 bits per heavy atom. The standard InChI is InChI=1S/C13H22O2/c1-3-9-15-11-13-7-5-12(6-8-13)10-14-4-2/h3-4,12-13H,1-2,5-11H2. The molecule has 0 aromatic carbocycles. The van der Waals surface area contributed by atoms with Crippen molar-refractivity contribution in [3.63, 3.8) is 0 Å². The molecule has 0 heterocycles. The maximum atomic E-state index is 5.47. The van der Waals surface area contributed by atoms with Crippen molar-refractivity contribution in [2.45, 2.75) is 25.7 Å². The summed E-state index contributed by atoms with van der Waals surface area (Å²) >= 11 is 0. The molecule has 1 fully saturated rings. The van der Waals surface area contributed by atoms with Crippen LogP contribution in [0.25, 0.3) is 0 Å². The quantitative estimate of drug-likeness (QED) is 0.365. The fourth-order valence-electron chi connectivity index (χ4n) is 2.09. The number of hydrogen-bond donors (Lipinski definition) is 0. The maximum absolute atomic E-state index is 5.47. The third-order valence-corrected chi connectivity index (χ3v) is 3.01. The molecule has 2 nitrogen and oxygen atoms in total. The van der Waals surface area contributed by atoms with Crippen LogP contribution < -0.4 is 0 Å². The van der Waals surface area contributed by atoms with Gasteiger partial charge in [-0.1, -0.05) is 12.7 Å². The van der Waals surface area contributed by atoms with Gasteiger partial charge < -0.3 is 9.47 Å². The van der Waals surface area contributed by atoms with Crippen LogP contribution in [0.5, 0.6) is 0 Å². The van der Waals surface area contributed by atoms with E-state index in [0.717, 1.165) is 25.0 Å². The van der Waals surface area contributed by atoms with Crippen molar-refractivity contribution >= 4 is 0 Å². The highest BCUT2D eigenvalue weighted by atomic mass is 16.5. The van der Waals surface area contributed by atoms with Gasteiger partial charge in [0.15, 0.2) is 0 Å². The Labute approximate surface area is 93.0 Å². The van der Waals surface area contributed by atoms with Crippen molar-refractivity contribution in [1.82, 2.24) is 0 Å². The molecular formula is C13H22O2. The number of rotatable bonds is 7. The van der Waals surface area contributed by atoms with E-state index in [1.165, 1.54) is 25.7 Å². The molecule has 1 aliphatic carbocycles. The van der Waals surface area contributed by atoms with E-state index >= 15 is 0 Å². The molecule has 1 saturated carbocycles. The minimum atomic E-state index is 0.680. The lowest BCUT2D eigenvalue weighted by molar-refractivity contribution is 0.0820. The van der Waals surface area contributed by atoms with Crippen molar-refractivity contribution in [3.05, 3.63) is 25.5 Å². The summed E-state index contributed by atoms with van der Waals surface area (Å²) < 4.78 is 10.7. The SMILES string of the molecule is C=CCOCC1CCC(COC=C)CC1. The highest BCUT2D eigenvalue weighted by molar-refractivity contribution is 4.73. The molecule has 2 heteroatoms. The first kappa shape index (κ1) is 12.3. The average Bonchev–Trinajstić information content (AvgIpc) is 2.28.